The molecule has 4 nitrogen and oxygen atoms in total. The molecule has 0 aromatic carbocycles. The average molecular weight is 353 g/mol. The van der Waals surface area contributed by atoms with Gasteiger partial charge in [0.2, 0.25) is 0 Å². The molecule has 0 amide bonds. The van der Waals surface area contributed by atoms with E-state index in [1.54, 1.807) is 0 Å². The third-order valence-electron chi connectivity index (χ3n) is 5.82. The molecule has 2 N–H and O–H groups in total. The predicted octanol–water partition coefficient (Wildman–Crippen LogP) is 4.70. The lowest BCUT2D eigenvalue weighted by Gasteiger charge is -2.26. The number of carboxylic acid groups (broad SMARTS) is 1. The zero-order chi connectivity index (χ0) is 18.1. The third-order valence-corrected chi connectivity index (χ3v) is 5.82. The standard InChI is InChI=1S/C21H36O4/c1-2-3-6-9-16(22)12-13-18-17(19-14-15-20(18)25-19)10-7-4-5-8-11-21(23)24/h12-13,16-20,22H,2-11,14-15H2,1H3,(H,23,24)/t16?,17-,18-,19+,20-/m0/s1. The second-order valence-electron chi connectivity index (χ2n) is 7.83. The molecule has 2 fully saturated rings. The van der Waals surface area contributed by atoms with Crippen LogP contribution >= 0.6 is 0 Å². The van der Waals surface area contributed by atoms with E-state index in [9.17, 15) is 9.90 Å². The molecule has 0 aromatic rings. The van der Waals surface area contributed by atoms with Crippen molar-refractivity contribution >= 4 is 5.97 Å². The van der Waals surface area contributed by atoms with Crippen LogP contribution in [-0.4, -0.2) is 34.5 Å². The molecule has 2 rings (SSSR count). The zero-order valence-corrected chi connectivity index (χ0v) is 15.7. The average Bonchev–Trinajstić information content (AvgIpc) is 3.17. The van der Waals surface area contributed by atoms with Gasteiger partial charge in [-0.15, -0.1) is 0 Å². The molecule has 0 radical (unpaired) electrons. The minimum atomic E-state index is -0.691. The van der Waals surface area contributed by atoms with Crippen molar-refractivity contribution in [1.82, 2.24) is 0 Å². The summed E-state index contributed by atoms with van der Waals surface area (Å²) in [6.07, 6.45) is 16.8. The highest BCUT2D eigenvalue weighted by atomic mass is 16.5. The van der Waals surface area contributed by atoms with Crippen LogP contribution in [0.4, 0.5) is 0 Å². The van der Waals surface area contributed by atoms with Crippen molar-refractivity contribution in [3.05, 3.63) is 12.2 Å². The summed E-state index contributed by atoms with van der Waals surface area (Å²) in [7, 11) is 0. The smallest absolute Gasteiger partial charge is 0.303 e. The van der Waals surface area contributed by atoms with Gasteiger partial charge in [0.1, 0.15) is 0 Å². The van der Waals surface area contributed by atoms with Crippen LogP contribution in [0.25, 0.3) is 0 Å². The lowest BCUT2D eigenvalue weighted by molar-refractivity contribution is -0.137. The Bertz CT molecular complexity index is 420. The molecule has 2 aliphatic heterocycles. The molecule has 4 heteroatoms. The first-order valence-corrected chi connectivity index (χ1v) is 10.4. The molecule has 2 saturated heterocycles. The van der Waals surface area contributed by atoms with Gasteiger partial charge in [-0.25, -0.2) is 0 Å². The number of unbranched alkanes of at least 4 members (excludes halogenated alkanes) is 5. The highest BCUT2D eigenvalue weighted by molar-refractivity contribution is 5.66. The van der Waals surface area contributed by atoms with Crippen molar-refractivity contribution < 1.29 is 19.7 Å². The van der Waals surface area contributed by atoms with Gasteiger partial charge in [0, 0.05) is 12.3 Å². The van der Waals surface area contributed by atoms with Crippen molar-refractivity contribution in [1.29, 1.82) is 0 Å². The van der Waals surface area contributed by atoms with Gasteiger partial charge in [-0.2, -0.15) is 0 Å². The lowest BCUT2D eigenvalue weighted by atomic mass is 9.76. The Morgan fingerprint density at radius 1 is 1.12 bits per heavy atom. The maximum Gasteiger partial charge on any atom is 0.303 e. The van der Waals surface area contributed by atoms with Gasteiger partial charge >= 0.3 is 5.97 Å². The summed E-state index contributed by atoms with van der Waals surface area (Å²) in [6, 6.07) is 0. The van der Waals surface area contributed by atoms with Gasteiger partial charge < -0.3 is 14.9 Å². The normalized spacial score (nSPS) is 29.5. The summed E-state index contributed by atoms with van der Waals surface area (Å²) in [6.45, 7) is 2.18. The number of carboxylic acids is 1. The quantitative estimate of drug-likeness (QED) is 0.372. The van der Waals surface area contributed by atoms with Gasteiger partial charge in [0.15, 0.2) is 0 Å². The van der Waals surface area contributed by atoms with Gasteiger partial charge in [-0.3, -0.25) is 4.79 Å². The highest BCUT2D eigenvalue weighted by Crippen LogP contribution is 2.46. The fourth-order valence-corrected chi connectivity index (χ4v) is 4.42. The number of hydrogen-bond donors (Lipinski definition) is 2. The molecule has 0 aromatic heterocycles. The summed E-state index contributed by atoms with van der Waals surface area (Å²) in [5.41, 5.74) is 0. The van der Waals surface area contributed by atoms with Crippen molar-refractivity contribution in [2.75, 3.05) is 0 Å². The number of aliphatic hydroxyl groups is 1. The van der Waals surface area contributed by atoms with Crippen LogP contribution in [0, 0.1) is 11.8 Å². The third kappa shape index (κ3) is 6.74. The molecular formula is C21H36O4. The molecule has 5 atom stereocenters. The number of carbonyl (C=O) groups is 1. The van der Waals surface area contributed by atoms with Crippen LogP contribution in [0.15, 0.2) is 12.2 Å². The first-order chi connectivity index (χ1) is 12.1. The van der Waals surface area contributed by atoms with E-state index in [2.05, 4.69) is 13.0 Å². The second-order valence-corrected chi connectivity index (χ2v) is 7.83. The Balaban J connectivity index is 1.71. The van der Waals surface area contributed by atoms with E-state index in [1.807, 2.05) is 6.08 Å². The van der Waals surface area contributed by atoms with E-state index in [0.29, 0.717) is 30.5 Å². The molecule has 0 aliphatic carbocycles. The molecule has 2 heterocycles. The van der Waals surface area contributed by atoms with Crippen molar-refractivity contribution in [2.24, 2.45) is 11.8 Å². The van der Waals surface area contributed by atoms with Gasteiger partial charge in [-0.05, 0) is 38.0 Å². The Kier molecular flexibility index (Phi) is 8.97. The van der Waals surface area contributed by atoms with Crippen LogP contribution in [-0.2, 0) is 9.53 Å². The summed E-state index contributed by atoms with van der Waals surface area (Å²) in [5.74, 6) is 0.347. The fourth-order valence-electron chi connectivity index (χ4n) is 4.42. The van der Waals surface area contributed by atoms with E-state index >= 15 is 0 Å². The number of fused-ring (bicyclic) bond motifs is 2. The monoisotopic (exact) mass is 352 g/mol. The van der Waals surface area contributed by atoms with Crippen molar-refractivity contribution in [3.8, 4) is 0 Å². The number of aliphatic carboxylic acids is 1. The minimum Gasteiger partial charge on any atom is -0.481 e. The number of hydrogen-bond acceptors (Lipinski definition) is 3. The SMILES string of the molecule is CCCCCC(O)C=C[C@H]1[C@H](CCCCCCC(=O)O)[C@H]2CC[C@@H]1O2. The van der Waals surface area contributed by atoms with Crippen LogP contribution < -0.4 is 0 Å². The first-order valence-electron chi connectivity index (χ1n) is 10.4. The summed E-state index contributed by atoms with van der Waals surface area (Å²) in [5, 5.41) is 18.8. The Morgan fingerprint density at radius 3 is 2.64 bits per heavy atom. The van der Waals surface area contributed by atoms with E-state index in [0.717, 1.165) is 51.4 Å². The molecule has 144 valence electrons. The summed E-state index contributed by atoms with van der Waals surface area (Å²) >= 11 is 0. The number of aliphatic hydroxyl groups excluding tert-OH is 1. The van der Waals surface area contributed by atoms with E-state index in [-0.39, 0.29) is 6.10 Å². The number of ether oxygens (including phenoxy) is 1. The van der Waals surface area contributed by atoms with Crippen LogP contribution in [0.3, 0.4) is 0 Å². The molecule has 0 saturated carbocycles. The largest absolute Gasteiger partial charge is 0.481 e. The Hall–Kier alpha value is -0.870. The summed E-state index contributed by atoms with van der Waals surface area (Å²) in [4.78, 5) is 10.5. The minimum absolute atomic E-state index is 0.290. The topological polar surface area (TPSA) is 66.8 Å². The van der Waals surface area contributed by atoms with Gasteiger partial charge in [0.25, 0.3) is 0 Å². The van der Waals surface area contributed by atoms with Gasteiger partial charge in [0.05, 0.1) is 18.3 Å². The zero-order valence-electron chi connectivity index (χ0n) is 15.7. The van der Waals surface area contributed by atoms with Crippen LogP contribution in [0.1, 0.15) is 84.0 Å². The van der Waals surface area contributed by atoms with Crippen LogP contribution in [0.5, 0.6) is 0 Å². The highest BCUT2D eigenvalue weighted by Gasteiger charge is 2.46. The maximum absolute atomic E-state index is 10.5. The maximum atomic E-state index is 10.5. The van der Waals surface area contributed by atoms with Crippen LogP contribution in [0.2, 0.25) is 0 Å². The lowest BCUT2D eigenvalue weighted by Crippen LogP contribution is -2.26. The molecule has 2 bridgehead atoms. The number of rotatable bonds is 13. The molecule has 25 heavy (non-hydrogen) atoms. The summed E-state index contributed by atoms with van der Waals surface area (Å²) < 4.78 is 6.13. The van der Waals surface area contributed by atoms with E-state index < -0.39 is 5.97 Å². The predicted molar refractivity (Wildman–Crippen MR) is 99.5 cm³/mol. The van der Waals surface area contributed by atoms with Gasteiger partial charge in [-0.1, -0.05) is 57.6 Å². The van der Waals surface area contributed by atoms with Crippen molar-refractivity contribution in [3.63, 3.8) is 0 Å². The Morgan fingerprint density at radius 2 is 1.88 bits per heavy atom. The molecule has 0 spiro atoms. The molecule has 1 unspecified atom stereocenters. The molecule has 2 aliphatic rings. The second kappa shape index (κ2) is 11.0. The molecular weight excluding hydrogens is 316 g/mol. The first kappa shape index (κ1) is 20.4. The Labute approximate surface area is 152 Å². The van der Waals surface area contributed by atoms with Crippen molar-refractivity contribution in [2.45, 2.75) is 102 Å². The van der Waals surface area contributed by atoms with E-state index in [4.69, 9.17) is 9.84 Å². The van der Waals surface area contributed by atoms with E-state index in [1.165, 1.54) is 19.3 Å². The fraction of sp³-hybridized carbons (Fsp3) is 0.857.